The van der Waals surface area contributed by atoms with Gasteiger partial charge in [-0.05, 0) is 5.56 Å². The van der Waals surface area contributed by atoms with Gasteiger partial charge in [-0.15, -0.1) is 0 Å². The lowest BCUT2D eigenvalue weighted by atomic mass is 10.1. The van der Waals surface area contributed by atoms with Crippen LogP contribution in [-0.4, -0.2) is 37.9 Å². The molecule has 0 aliphatic rings. The van der Waals surface area contributed by atoms with Gasteiger partial charge in [-0.25, -0.2) is 0 Å². The van der Waals surface area contributed by atoms with E-state index in [0.717, 1.165) is 5.56 Å². The second-order valence-corrected chi connectivity index (χ2v) is 3.51. The van der Waals surface area contributed by atoms with E-state index >= 15 is 0 Å². The minimum absolute atomic E-state index is 0.179. The first kappa shape index (κ1) is 12.2. The number of methoxy groups -OCH3 is 1. The summed E-state index contributed by atoms with van der Waals surface area (Å²) in [5, 5.41) is 5.96. The number of hydrogen-bond donors (Lipinski definition) is 0. The van der Waals surface area contributed by atoms with Gasteiger partial charge in [0.05, 0.1) is 19.2 Å². The fourth-order valence-corrected chi connectivity index (χ4v) is 1.28. The van der Waals surface area contributed by atoms with Crippen LogP contribution in [0.4, 0.5) is 0 Å². The van der Waals surface area contributed by atoms with Crippen molar-refractivity contribution in [1.82, 2.24) is 5.01 Å². The molecule has 0 heterocycles. The molecule has 1 rings (SSSR count). The van der Waals surface area contributed by atoms with Gasteiger partial charge in [0.25, 0.3) is 0 Å². The van der Waals surface area contributed by atoms with Gasteiger partial charge in [0.15, 0.2) is 0 Å². The third-order valence-corrected chi connectivity index (χ3v) is 1.97. The molecule has 4 nitrogen and oxygen atoms in total. The molecule has 1 aromatic carbocycles. The van der Waals surface area contributed by atoms with Gasteiger partial charge in [-0.1, -0.05) is 30.3 Å². The van der Waals surface area contributed by atoms with E-state index in [1.807, 2.05) is 44.4 Å². The molecular weight excluding hydrogens is 204 g/mol. The third-order valence-electron chi connectivity index (χ3n) is 1.97. The van der Waals surface area contributed by atoms with Gasteiger partial charge in [-0.3, -0.25) is 4.79 Å². The number of ether oxygens (including phenoxy) is 1. The highest BCUT2D eigenvalue weighted by Gasteiger charge is 2.10. The Hall–Kier alpha value is -1.84. The molecule has 0 aliphatic carbocycles. The second-order valence-electron chi connectivity index (χ2n) is 3.51. The summed E-state index contributed by atoms with van der Waals surface area (Å²) in [5.74, 6) is -0.288. The van der Waals surface area contributed by atoms with Crippen LogP contribution >= 0.6 is 0 Å². The lowest BCUT2D eigenvalue weighted by Crippen LogP contribution is -2.15. The SMILES string of the molecule is COC(=O)C/C(=N\N(C)C)c1ccccc1. The summed E-state index contributed by atoms with van der Waals surface area (Å²) in [4.78, 5) is 11.3. The number of carbonyl (C=O) groups excluding carboxylic acids is 1. The molecule has 16 heavy (non-hydrogen) atoms. The zero-order valence-electron chi connectivity index (χ0n) is 9.80. The van der Waals surface area contributed by atoms with Crippen LogP contribution < -0.4 is 0 Å². The number of nitrogens with zero attached hydrogens (tertiary/aromatic N) is 2. The average molecular weight is 220 g/mol. The normalized spacial score (nSPS) is 11.1. The third kappa shape index (κ3) is 3.73. The molecule has 0 N–H and O–H groups in total. The molecule has 0 aliphatic heterocycles. The Labute approximate surface area is 95.5 Å². The summed E-state index contributed by atoms with van der Waals surface area (Å²) >= 11 is 0. The first-order chi connectivity index (χ1) is 7.63. The molecular formula is C12H16N2O2. The van der Waals surface area contributed by atoms with Gasteiger partial charge in [-0.2, -0.15) is 5.10 Å². The highest BCUT2D eigenvalue weighted by molar-refractivity contribution is 6.09. The topological polar surface area (TPSA) is 41.9 Å². The minimum atomic E-state index is -0.288. The molecule has 0 bridgehead atoms. The largest absolute Gasteiger partial charge is 0.469 e. The predicted octanol–water partition coefficient (Wildman–Crippen LogP) is 1.52. The number of hydrazone groups is 1. The molecule has 0 fully saturated rings. The monoisotopic (exact) mass is 220 g/mol. The van der Waals surface area contributed by atoms with Crippen LogP contribution in [0, 0.1) is 0 Å². The summed E-state index contributed by atoms with van der Waals surface area (Å²) in [6.45, 7) is 0. The second kappa shape index (κ2) is 5.90. The maximum Gasteiger partial charge on any atom is 0.311 e. The molecule has 0 saturated carbocycles. The van der Waals surface area contributed by atoms with Crippen molar-refractivity contribution in [2.75, 3.05) is 21.2 Å². The van der Waals surface area contributed by atoms with Gasteiger partial charge in [0.1, 0.15) is 0 Å². The smallest absolute Gasteiger partial charge is 0.311 e. The minimum Gasteiger partial charge on any atom is -0.469 e. The highest BCUT2D eigenvalue weighted by Crippen LogP contribution is 2.06. The van der Waals surface area contributed by atoms with Crippen LogP contribution in [0.2, 0.25) is 0 Å². The average Bonchev–Trinajstić information content (AvgIpc) is 2.28. The molecule has 0 aromatic heterocycles. The molecule has 0 atom stereocenters. The Morgan fingerprint density at radius 1 is 1.31 bits per heavy atom. The lowest BCUT2D eigenvalue weighted by Gasteiger charge is -2.10. The molecule has 0 amide bonds. The Kier molecular flexibility index (Phi) is 4.51. The summed E-state index contributed by atoms with van der Waals surface area (Å²) in [5.41, 5.74) is 1.64. The van der Waals surface area contributed by atoms with E-state index in [0.29, 0.717) is 5.71 Å². The molecule has 0 spiro atoms. The zero-order chi connectivity index (χ0) is 12.0. The lowest BCUT2D eigenvalue weighted by molar-refractivity contribution is -0.139. The molecule has 0 unspecified atom stereocenters. The van der Waals surface area contributed by atoms with Gasteiger partial charge >= 0.3 is 5.97 Å². The molecule has 86 valence electrons. The van der Waals surface area contributed by atoms with Crippen LogP contribution in [0.3, 0.4) is 0 Å². The summed E-state index contributed by atoms with van der Waals surface area (Å²) in [7, 11) is 5.01. The van der Waals surface area contributed by atoms with Gasteiger partial charge in [0, 0.05) is 14.1 Å². The molecule has 1 aromatic rings. The van der Waals surface area contributed by atoms with Crippen LogP contribution in [0.1, 0.15) is 12.0 Å². The van der Waals surface area contributed by atoms with E-state index in [-0.39, 0.29) is 12.4 Å². The molecule has 4 heteroatoms. The summed E-state index contributed by atoms with van der Waals surface area (Å²) < 4.78 is 4.65. The number of rotatable bonds is 4. The van der Waals surface area contributed by atoms with Crippen LogP contribution in [0.25, 0.3) is 0 Å². The van der Waals surface area contributed by atoms with Crippen molar-refractivity contribution in [2.24, 2.45) is 5.10 Å². The fraction of sp³-hybridized carbons (Fsp3) is 0.333. The standard InChI is InChI=1S/C12H16N2O2/c1-14(2)13-11(9-12(15)16-3)10-7-5-4-6-8-10/h4-8H,9H2,1-3H3/b13-11+. The van der Waals surface area contributed by atoms with E-state index in [1.54, 1.807) is 5.01 Å². The number of hydrogen-bond acceptors (Lipinski definition) is 4. The Balaban J connectivity index is 2.93. The zero-order valence-corrected chi connectivity index (χ0v) is 9.80. The van der Waals surface area contributed by atoms with Crippen molar-refractivity contribution in [1.29, 1.82) is 0 Å². The Bertz CT molecular complexity index is 372. The van der Waals surface area contributed by atoms with Crippen LogP contribution in [-0.2, 0) is 9.53 Å². The quantitative estimate of drug-likeness (QED) is 0.439. The maximum absolute atomic E-state index is 11.3. The first-order valence-electron chi connectivity index (χ1n) is 5.00. The number of benzene rings is 1. The van der Waals surface area contributed by atoms with E-state index in [9.17, 15) is 4.79 Å². The fourth-order valence-electron chi connectivity index (χ4n) is 1.28. The predicted molar refractivity (Wildman–Crippen MR) is 63.3 cm³/mol. The van der Waals surface area contributed by atoms with Gasteiger partial charge < -0.3 is 9.75 Å². The number of carbonyl (C=O) groups is 1. The van der Waals surface area contributed by atoms with Crippen LogP contribution in [0.15, 0.2) is 35.4 Å². The van der Waals surface area contributed by atoms with Crippen molar-refractivity contribution >= 4 is 11.7 Å². The van der Waals surface area contributed by atoms with E-state index in [4.69, 9.17) is 0 Å². The summed E-state index contributed by atoms with van der Waals surface area (Å²) in [6.07, 6.45) is 0.179. The first-order valence-corrected chi connectivity index (χ1v) is 5.00. The van der Waals surface area contributed by atoms with Crippen molar-refractivity contribution in [3.05, 3.63) is 35.9 Å². The van der Waals surface area contributed by atoms with Crippen molar-refractivity contribution in [3.8, 4) is 0 Å². The molecule has 0 radical (unpaired) electrons. The Morgan fingerprint density at radius 3 is 2.44 bits per heavy atom. The van der Waals surface area contributed by atoms with Gasteiger partial charge in [0.2, 0.25) is 0 Å². The Morgan fingerprint density at radius 2 is 1.94 bits per heavy atom. The van der Waals surface area contributed by atoms with Crippen molar-refractivity contribution in [3.63, 3.8) is 0 Å². The van der Waals surface area contributed by atoms with Crippen molar-refractivity contribution in [2.45, 2.75) is 6.42 Å². The molecule has 0 saturated heterocycles. The van der Waals surface area contributed by atoms with E-state index < -0.39 is 0 Å². The number of esters is 1. The van der Waals surface area contributed by atoms with Crippen LogP contribution in [0.5, 0.6) is 0 Å². The maximum atomic E-state index is 11.3. The van der Waals surface area contributed by atoms with E-state index in [1.165, 1.54) is 7.11 Å². The highest BCUT2D eigenvalue weighted by atomic mass is 16.5. The summed E-state index contributed by atoms with van der Waals surface area (Å²) in [6, 6.07) is 9.60. The van der Waals surface area contributed by atoms with Crippen molar-refractivity contribution < 1.29 is 9.53 Å². The van der Waals surface area contributed by atoms with E-state index in [2.05, 4.69) is 9.84 Å².